The van der Waals surface area contributed by atoms with Crippen LogP contribution in [0.2, 0.25) is 0 Å². The van der Waals surface area contributed by atoms with Crippen LogP contribution in [0.15, 0.2) is 4.52 Å². The molecule has 0 aromatic carbocycles. The number of amides is 3. The fourth-order valence-electron chi connectivity index (χ4n) is 2.88. The minimum absolute atomic E-state index is 0.0890. The van der Waals surface area contributed by atoms with Gasteiger partial charge in [0.05, 0.1) is 5.69 Å². The van der Waals surface area contributed by atoms with Crippen molar-refractivity contribution in [3.05, 3.63) is 17.0 Å². The molecule has 1 heterocycles. The lowest BCUT2D eigenvalue weighted by Gasteiger charge is -2.23. The van der Waals surface area contributed by atoms with E-state index >= 15 is 0 Å². The highest BCUT2D eigenvalue weighted by molar-refractivity contribution is 5.99. The van der Waals surface area contributed by atoms with Gasteiger partial charge >= 0.3 is 12.0 Å². The van der Waals surface area contributed by atoms with Crippen molar-refractivity contribution in [1.29, 1.82) is 0 Å². The second-order valence-corrected chi connectivity index (χ2v) is 6.26. The molecule has 1 aliphatic rings. The van der Waals surface area contributed by atoms with E-state index in [1.165, 1.54) is 13.3 Å². The van der Waals surface area contributed by atoms with Crippen LogP contribution in [0.3, 0.4) is 0 Å². The Balaban J connectivity index is 1.85. The number of hydrogen-bond donors (Lipinski definition) is 2. The zero-order chi connectivity index (χ0) is 18.4. The Morgan fingerprint density at radius 2 is 1.96 bits per heavy atom. The topological polar surface area (TPSA) is 111 Å². The van der Waals surface area contributed by atoms with Crippen molar-refractivity contribution in [2.45, 2.75) is 71.4 Å². The fraction of sp³-hybridized carbons (Fsp3) is 0.647. The fourth-order valence-corrected chi connectivity index (χ4v) is 2.88. The molecule has 138 valence electrons. The van der Waals surface area contributed by atoms with E-state index in [2.05, 4.69) is 15.8 Å². The van der Waals surface area contributed by atoms with Crippen LogP contribution >= 0.6 is 0 Å². The molecule has 0 aliphatic heterocycles. The number of carbonyl (C=O) groups is 3. The first kappa shape index (κ1) is 19.0. The highest BCUT2D eigenvalue weighted by Crippen LogP contribution is 2.17. The average molecular weight is 351 g/mol. The van der Waals surface area contributed by atoms with Gasteiger partial charge in [-0.05, 0) is 33.1 Å². The molecule has 0 spiro atoms. The van der Waals surface area contributed by atoms with Crippen LogP contribution in [0.1, 0.15) is 67.8 Å². The number of aryl methyl sites for hydroxylation is 2. The Bertz CT molecular complexity index is 634. The molecule has 0 radical (unpaired) electrons. The maximum absolute atomic E-state index is 12.2. The lowest BCUT2D eigenvalue weighted by molar-refractivity contribution is -0.127. The second kappa shape index (κ2) is 8.64. The molecule has 3 amide bonds. The van der Waals surface area contributed by atoms with Crippen LogP contribution in [0.4, 0.5) is 4.79 Å². The van der Waals surface area contributed by atoms with Crippen LogP contribution in [-0.4, -0.2) is 35.2 Å². The maximum Gasteiger partial charge on any atom is 0.344 e. The van der Waals surface area contributed by atoms with Gasteiger partial charge in [-0.25, -0.2) is 9.59 Å². The standard InChI is InChI=1S/C17H25N3O5/c1-4-13-14(10(2)25-20-13)16(22)24-11(3)15(21)19-17(23)18-12-8-6-5-7-9-12/h11-12H,4-9H2,1-3H3,(H2,18,19,21,23)/t11-/m1/s1. The van der Waals surface area contributed by atoms with Gasteiger partial charge in [0.2, 0.25) is 0 Å². The van der Waals surface area contributed by atoms with Gasteiger partial charge in [0, 0.05) is 6.04 Å². The zero-order valence-corrected chi connectivity index (χ0v) is 14.9. The van der Waals surface area contributed by atoms with E-state index in [0.29, 0.717) is 17.9 Å². The van der Waals surface area contributed by atoms with Crippen LogP contribution < -0.4 is 10.6 Å². The first-order valence-electron chi connectivity index (χ1n) is 8.69. The molecule has 2 rings (SSSR count). The van der Waals surface area contributed by atoms with Crippen LogP contribution in [-0.2, 0) is 16.0 Å². The molecule has 8 nitrogen and oxygen atoms in total. The molecule has 0 saturated heterocycles. The van der Waals surface area contributed by atoms with Crippen LogP contribution in [0.5, 0.6) is 0 Å². The molecule has 1 aromatic rings. The molecule has 1 atom stereocenters. The number of esters is 1. The molecule has 1 aromatic heterocycles. The summed E-state index contributed by atoms with van der Waals surface area (Å²) in [4.78, 5) is 36.2. The molecule has 1 fully saturated rings. The monoisotopic (exact) mass is 351 g/mol. The summed E-state index contributed by atoms with van der Waals surface area (Å²) in [5.74, 6) is -1.02. The van der Waals surface area contributed by atoms with Crippen molar-refractivity contribution in [2.75, 3.05) is 0 Å². The van der Waals surface area contributed by atoms with Gasteiger partial charge in [0.15, 0.2) is 6.10 Å². The smallest absolute Gasteiger partial charge is 0.344 e. The highest BCUT2D eigenvalue weighted by atomic mass is 16.5. The molecule has 8 heteroatoms. The number of imide groups is 1. The quantitative estimate of drug-likeness (QED) is 0.787. The molecular formula is C17H25N3O5. The van der Waals surface area contributed by atoms with Gasteiger partial charge in [-0.2, -0.15) is 0 Å². The molecule has 25 heavy (non-hydrogen) atoms. The second-order valence-electron chi connectivity index (χ2n) is 6.26. The van der Waals surface area contributed by atoms with Crippen molar-refractivity contribution >= 4 is 17.9 Å². The predicted molar refractivity (Wildman–Crippen MR) is 89.0 cm³/mol. The van der Waals surface area contributed by atoms with Gasteiger partial charge in [-0.15, -0.1) is 0 Å². The Labute approximate surface area is 146 Å². The van der Waals surface area contributed by atoms with E-state index in [9.17, 15) is 14.4 Å². The van der Waals surface area contributed by atoms with E-state index in [1.807, 2.05) is 6.92 Å². The van der Waals surface area contributed by atoms with Crippen molar-refractivity contribution in [3.8, 4) is 0 Å². The third-order valence-corrected chi connectivity index (χ3v) is 4.30. The van der Waals surface area contributed by atoms with Gasteiger partial charge in [0.1, 0.15) is 11.3 Å². The summed E-state index contributed by atoms with van der Waals surface area (Å²) < 4.78 is 10.1. The molecule has 1 saturated carbocycles. The predicted octanol–water partition coefficient (Wildman–Crippen LogP) is 2.25. The van der Waals surface area contributed by atoms with E-state index in [4.69, 9.17) is 9.26 Å². The lowest BCUT2D eigenvalue weighted by atomic mass is 9.96. The van der Waals surface area contributed by atoms with Crippen LogP contribution in [0, 0.1) is 6.92 Å². The number of nitrogens with zero attached hydrogens (tertiary/aromatic N) is 1. The van der Waals surface area contributed by atoms with Crippen molar-refractivity contribution < 1.29 is 23.6 Å². The zero-order valence-electron chi connectivity index (χ0n) is 14.9. The summed E-state index contributed by atoms with van der Waals surface area (Å²) in [7, 11) is 0. The molecule has 0 unspecified atom stereocenters. The lowest BCUT2D eigenvalue weighted by Crippen LogP contribution is -2.48. The SMILES string of the molecule is CCc1noc(C)c1C(=O)O[C@H](C)C(=O)NC(=O)NC1CCCCC1. The third-order valence-electron chi connectivity index (χ3n) is 4.30. The number of ether oxygens (including phenoxy) is 1. The molecule has 1 aliphatic carbocycles. The number of urea groups is 1. The molecule has 2 N–H and O–H groups in total. The number of carbonyl (C=O) groups excluding carboxylic acids is 3. The molecular weight excluding hydrogens is 326 g/mol. The summed E-state index contributed by atoms with van der Waals surface area (Å²) in [6.45, 7) is 4.85. The normalized spacial score (nSPS) is 16.1. The van der Waals surface area contributed by atoms with Crippen molar-refractivity contribution in [2.24, 2.45) is 0 Å². The summed E-state index contributed by atoms with van der Waals surface area (Å²) in [6.07, 6.45) is 4.55. The highest BCUT2D eigenvalue weighted by Gasteiger charge is 2.26. The number of nitrogens with one attached hydrogen (secondary N) is 2. The van der Waals surface area contributed by atoms with E-state index in [1.54, 1.807) is 6.92 Å². The molecule has 0 bridgehead atoms. The summed E-state index contributed by atoms with van der Waals surface area (Å²) in [5, 5.41) is 8.77. The van der Waals surface area contributed by atoms with E-state index in [0.717, 1.165) is 25.7 Å². The minimum Gasteiger partial charge on any atom is -0.449 e. The van der Waals surface area contributed by atoms with Gasteiger partial charge in [0.25, 0.3) is 5.91 Å². The average Bonchev–Trinajstić information content (AvgIpc) is 2.96. The van der Waals surface area contributed by atoms with Gasteiger partial charge in [-0.3, -0.25) is 10.1 Å². The van der Waals surface area contributed by atoms with Gasteiger partial charge < -0.3 is 14.6 Å². The largest absolute Gasteiger partial charge is 0.449 e. The Kier molecular flexibility index (Phi) is 6.55. The summed E-state index contributed by atoms with van der Waals surface area (Å²) in [6, 6.07) is -0.471. The van der Waals surface area contributed by atoms with Crippen molar-refractivity contribution in [1.82, 2.24) is 15.8 Å². The first-order chi connectivity index (χ1) is 11.9. The summed E-state index contributed by atoms with van der Waals surface area (Å²) >= 11 is 0. The third kappa shape index (κ3) is 5.04. The minimum atomic E-state index is -1.11. The first-order valence-corrected chi connectivity index (χ1v) is 8.69. The van der Waals surface area contributed by atoms with Gasteiger partial charge in [-0.1, -0.05) is 31.3 Å². The Morgan fingerprint density at radius 3 is 2.60 bits per heavy atom. The van der Waals surface area contributed by atoms with Crippen LogP contribution in [0.25, 0.3) is 0 Å². The Hall–Kier alpha value is -2.38. The number of aromatic nitrogens is 1. The Morgan fingerprint density at radius 1 is 1.28 bits per heavy atom. The van der Waals surface area contributed by atoms with E-state index < -0.39 is 24.0 Å². The number of rotatable bonds is 5. The van der Waals surface area contributed by atoms with E-state index in [-0.39, 0.29) is 11.6 Å². The number of hydrogen-bond acceptors (Lipinski definition) is 6. The maximum atomic E-state index is 12.2. The van der Waals surface area contributed by atoms with Crippen molar-refractivity contribution in [3.63, 3.8) is 0 Å². The summed E-state index contributed by atoms with van der Waals surface area (Å²) in [5.41, 5.74) is 0.707.